The second kappa shape index (κ2) is 6.72. The number of hydrogen-bond donors (Lipinski definition) is 0. The fourth-order valence-corrected chi connectivity index (χ4v) is 3.32. The predicted molar refractivity (Wildman–Crippen MR) is 102 cm³/mol. The molecule has 0 unspecified atom stereocenters. The van der Waals surface area contributed by atoms with Crippen LogP contribution in [-0.2, 0) is 16.1 Å². The second-order valence-corrected chi connectivity index (χ2v) is 6.39. The van der Waals surface area contributed by atoms with Gasteiger partial charge in [-0.1, -0.05) is 6.07 Å². The third kappa shape index (κ3) is 3.21. The highest BCUT2D eigenvalue weighted by Gasteiger charge is 2.13. The van der Waals surface area contributed by atoms with E-state index in [1.807, 2.05) is 52.7 Å². The number of benzene rings is 1. The first-order chi connectivity index (χ1) is 13.0. The molecule has 0 atom stereocenters. The zero-order valence-corrected chi connectivity index (χ0v) is 15.0. The summed E-state index contributed by atoms with van der Waals surface area (Å²) in [6, 6.07) is 8.77. The summed E-state index contributed by atoms with van der Waals surface area (Å²) < 4.78 is 22.7. The second-order valence-electron chi connectivity index (χ2n) is 6.39. The van der Waals surface area contributed by atoms with Crippen molar-refractivity contribution in [2.45, 2.75) is 13.5 Å². The predicted octanol–water partition coefficient (Wildman–Crippen LogP) is 3.97. The lowest BCUT2D eigenvalue weighted by molar-refractivity contribution is -0.134. The zero-order valence-electron chi connectivity index (χ0n) is 15.0. The van der Waals surface area contributed by atoms with Crippen molar-refractivity contribution in [2.24, 2.45) is 0 Å². The summed E-state index contributed by atoms with van der Waals surface area (Å²) >= 11 is 0. The van der Waals surface area contributed by atoms with Crippen LogP contribution in [0.5, 0.6) is 0 Å². The summed E-state index contributed by atoms with van der Waals surface area (Å²) in [6.45, 7) is 2.48. The number of aromatic nitrogens is 3. The quantitative estimate of drug-likeness (QED) is 0.407. The van der Waals surface area contributed by atoms with E-state index in [1.54, 1.807) is 6.08 Å². The third-order valence-electron chi connectivity index (χ3n) is 4.51. The van der Waals surface area contributed by atoms with Crippen molar-refractivity contribution in [3.63, 3.8) is 0 Å². The molecule has 136 valence electrons. The van der Waals surface area contributed by atoms with E-state index in [9.17, 15) is 9.18 Å². The number of esters is 1. The number of ether oxygens (including phenoxy) is 1. The van der Waals surface area contributed by atoms with Gasteiger partial charge in [0, 0.05) is 35.6 Å². The average molecular weight is 363 g/mol. The molecule has 0 aliphatic carbocycles. The van der Waals surface area contributed by atoms with E-state index < -0.39 is 5.97 Å². The van der Waals surface area contributed by atoms with Gasteiger partial charge in [0.15, 0.2) is 0 Å². The molecule has 0 bridgehead atoms. The summed E-state index contributed by atoms with van der Waals surface area (Å²) in [5.41, 5.74) is 4.20. The SMILES string of the molecule is COC(=O)C=Cc1cc(F)cc2c(C)cn(Cc3cn4ccccc4n3)c12. The van der Waals surface area contributed by atoms with Crippen LogP contribution in [0.2, 0.25) is 0 Å². The standard InChI is InChI=1S/C21H18FN3O2/c1-14-11-25(13-17-12-24-8-4-3-5-19(24)23-17)21-15(6-7-20(26)27-2)9-16(22)10-18(14)21/h3-12H,13H2,1-2H3. The van der Waals surface area contributed by atoms with Crippen molar-refractivity contribution < 1.29 is 13.9 Å². The Bertz CT molecular complexity index is 1150. The van der Waals surface area contributed by atoms with Gasteiger partial charge in [-0.05, 0) is 42.8 Å². The van der Waals surface area contributed by atoms with Crippen LogP contribution in [0.4, 0.5) is 4.39 Å². The molecule has 0 N–H and O–H groups in total. The zero-order chi connectivity index (χ0) is 19.0. The maximum atomic E-state index is 14.1. The number of methoxy groups -OCH3 is 1. The van der Waals surface area contributed by atoms with Gasteiger partial charge in [0.05, 0.1) is 24.9 Å². The van der Waals surface area contributed by atoms with Crippen LogP contribution in [0.25, 0.3) is 22.6 Å². The molecule has 3 heterocycles. The van der Waals surface area contributed by atoms with Crippen LogP contribution >= 0.6 is 0 Å². The smallest absolute Gasteiger partial charge is 0.330 e. The molecule has 1 aromatic carbocycles. The van der Waals surface area contributed by atoms with Gasteiger partial charge >= 0.3 is 5.97 Å². The van der Waals surface area contributed by atoms with Crippen LogP contribution in [0.15, 0.2) is 55.0 Å². The Hall–Kier alpha value is -3.41. The first-order valence-corrected chi connectivity index (χ1v) is 8.53. The van der Waals surface area contributed by atoms with E-state index >= 15 is 0 Å². The highest BCUT2D eigenvalue weighted by Crippen LogP contribution is 2.27. The van der Waals surface area contributed by atoms with Crippen molar-refractivity contribution in [3.05, 3.63) is 77.6 Å². The molecule has 4 aromatic rings. The van der Waals surface area contributed by atoms with Crippen molar-refractivity contribution in [3.8, 4) is 0 Å². The molecule has 0 aliphatic heterocycles. The van der Waals surface area contributed by atoms with Gasteiger partial charge in [-0.25, -0.2) is 14.2 Å². The fraction of sp³-hybridized carbons (Fsp3) is 0.143. The number of nitrogens with zero attached hydrogens (tertiary/aromatic N) is 3. The Kier molecular flexibility index (Phi) is 4.24. The Morgan fingerprint density at radius 3 is 2.93 bits per heavy atom. The minimum atomic E-state index is -0.484. The largest absolute Gasteiger partial charge is 0.466 e. The molecule has 27 heavy (non-hydrogen) atoms. The monoisotopic (exact) mass is 363 g/mol. The molecule has 6 heteroatoms. The number of carbonyl (C=O) groups excluding carboxylic acids is 1. The third-order valence-corrected chi connectivity index (χ3v) is 4.51. The molecule has 3 aromatic heterocycles. The number of carbonyl (C=O) groups is 1. The topological polar surface area (TPSA) is 48.5 Å². The Morgan fingerprint density at radius 1 is 1.30 bits per heavy atom. The van der Waals surface area contributed by atoms with Crippen molar-refractivity contribution in [2.75, 3.05) is 7.11 Å². The maximum Gasteiger partial charge on any atom is 0.330 e. The Morgan fingerprint density at radius 2 is 2.15 bits per heavy atom. The van der Waals surface area contributed by atoms with Crippen molar-refractivity contribution in [1.29, 1.82) is 0 Å². The van der Waals surface area contributed by atoms with Gasteiger partial charge in [-0.15, -0.1) is 0 Å². The van der Waals surface area contributed by atoms with Gasteiger partial charge in [-0.3, -0.25) is 0 Å². The van der Waals surface area contributed by atoms with Crippen LogP contribution in [0, 0.1) is 12.7 Å². The van der Waals surface area contributed by atoms with Crippen molar-refractivity contribution in [1.82, 2.24) is 14.0 Å². The van der Waals surface area contributed by atoms with Crippen molar-refractivity contribution >= 4 is 28.6 Å². The maximum absolute atomic E-state index is 14.1. The number of fused-ring (bicyclic) bond motifs is 2. The average Bonchev–Trinajstić information content (AvgIpc) is 3.20. The molecule has 0 aliphatic rings. The summed E-state index contributed by atoms with van der Waals surface area (Å²) in [4.78, 5) is 16.1. The molecule has 0 fully saturated rings. The summed E-state index contributed by atoms with van der Waals surface area (Å²) in [5.74, 6) is -0.830. The fourth-order valence-electron chi connectivity index (χ4n) is 3.32. The Labute approximate surface area is 155 Å². The highest BCUT2D eigenvalue weighted by molar-refractivity contribution is 5.95. The van der Waals surface area contributed by atoms with E-state index in [2.05, 4.69) is 9.72 Å². The van der Waals surface area contributed by atoms with Gasteiger partial charge in [0.25, 0.3) is 0 Å². The van der Waals surface area contributed by atoms with Crippen LogP contribution in [0.3, 0.4) is 0 Å². The van der Waals surface area contributed by atoms with Gasteiger partial charge in [-0.2, -0.15) is 0 Å². The van der Waals surface area contributed by atoms with Crippen LogP contribution in [0.1, 0.15) is 16.8 Å². The summed E-state index contributed by atoms with van der Waals surface area (Å²) in [7, 11) is 1.31. The molecule has 0 saturated carbocycles. The number of halogens is 1. The molecule has 5 nitrogen and oxygen atoms in total. The van der Waals surface area contributed by atoms with Gasteiger partial charge in [0.2, 0.25) is 0 Å². The lowest BCUT2D eigenvalue weighted by Crippen LogP contribution is -2.00. The number of pyridine rings is 1. The minimum Gasteiger partial charge on any atom is -0.466 e. The van der Waals surface area contributed by atoms with E-state index in [-0.39, 0.29) is 5.82 Å². The molecular weight excluding hydrogens is 345 g/mol. The molecule has 0 radical (unpaired) electrons. The molecule has 4 rings (SSSR count). The molecule has 0 saturated heterocycles. The van der Waals surface area contributed by atoms with E-state index in [1.165, 1.54) is 25.3 Å². The van der Waals surface area contributed by atoms with E-state index in [4.69, 9.17) is 0 Å². The lowest BCUT2D eigenvalue weighted by atomic mass is 10.1. The summed E-state index contributed by atoms with van der Waals surface area (Å²) in [5, 5.41) is 0.809. The number of rotatable bonds is 4. The van der Waals surface area contributed by atoms with Gasteiger partial charge in [0.1, 0.15) is 11.5 Å². The van der Waals surface area contributed by atoms with Crippen LogP contribution in [-0.4, -0.2) is 27.0 Å². The lowest BCUT2D eigenvalue weighted by Gasteiger charge is -2.07. The number of hydrogen-bond acceptors (Lipinski definition) is 3. The minimum absolute atomic E-state index is 0.347. The Balaban J connectivity index is 1.82. The first kappa shape index (κ1) is 17.0. The van der Waals surface area contributed by atoms with Crippen LogP contribution < -0.4 is 0 Å². The highest BCUT2D eigenvalue weighted by atomic mass is 19.1. The van der Waals surface area contributed by atoms with E-state index in [0.29, 0.717) is 12.1 Å². The molecule has 0 amide bonds. The normalized spacial score (nSPS) is 11.7. The molecular formula is C21H18FN3O2. The number of aryl methyl sites for hydroxylation is 1. The van der Waals surface area contributed by atoms with E-state index in [0.717, 1.165) is 27.8 Å². The molecule has 0 spiro atoms. The summed E-state index contributed by atoms with van der Waals surface area (Å²) in [6.07, 6.45) is 8.78. The number of imidazole rings is 1. The first-order valence-electron chi connectivity index (χ1n) is 8.53. The van der Waals surface area contributed by atoms with Gasteiger partial charge < -0.3 is 13.7 Å².